The zero-order valence-corrected chi connectivity index (χ0v) is 23.6. The number of halogens is 1. The van der Waals surface area contributed by atoms with Crippen LogP contribution in [0.1, 0.15) is 83.2 Å². The highest BCUT2D eigenvalue weighted by molar-refractivity contribution is 6.33. The number of hydrazone groups is 1. The first kappa shape index (κ1) is 24.9. The van der Waals surface area contributed by atoms with Crippen LogP contribution in [0.25, 0.3) is 0 Å². The van der Waals surface area contributed by atoms with Crippen LogP contribution in [0.3, 0.4) is 0 Å². The van der Waals surface area contributed by atoms with Gasteiger partial charge in [0.05, 0.1) is 22.9 Å². The van der Waals surface area contributed by atoms with Gasteiger partial charge >= 0.3 is 0 Å². The lowest BCUT2D eigenvalue weighted by Crippen LogP contribution is -2.51. The summed E-state index contributed by atoms with van der Waals surface area (Å²) < 4.78 is 0. The second-order valence-corrected chi connectivity index (χ2v) is 13.8. The molecule has 3 fully saturated rings. The van der Waals surface area contributed by atoms with Crippen LogP contribution in [-0.2, 0) is 0 Å². The number of anilines is 1. The fraction of sp³-hybridized carbons (Fsp3) is 0.559. The second-order valence-electron chi connectivity index (χ2n) is 13.3. The molecule has 0 bridgehead atoms. The lowest BCUT2D eigenvalue weighted by atomic mass is 9.47. The van der Waals surface area contributed by atoms with Crippen LogP contribution < -0.4 is 5.01 Å². The molecular weight excluding hydrogens is 488 g/mol. The first-order valence-electron chi connectivity index (χ1n) is 14.9. The van der Waals surface area contributed by atoms with Crippen LogP contribution >= 0.6 is 11.6 Å². The highest BCUT2D eigenvalue weighted by Crippen LogP contribution is 2.67. The second kappa shape index (κ2) is 9.24. The first-order chi connectivity index (χ1) is 18.4. The van der Waals surface area contributed by atoms with E-state index in [1.807, 2.05) is 12.1 Å². The van der Waals surface area contributed by atoms with Gasteiger partial charge in [-0.05, 0) is 97.6 Å². The predicted octanol–water partition coefficient (Wildman–Crippen LogP) is 8.59. The summed E-state index contributed by atoms with van der Waals surface area (Å²) in [5.41, 5.74) is 5.89. The van der Waals surface area contributed by atoms with Gasteiger partial charge in [-0.15, -0.1) is 0 Å². The normalized spacial score (nSPS) is 40.2. The monoisotopic (exact) mass is 528 g/mol. The molecule has 38 heavy (non-hydrogen) atoms. The molecule has 2 aromatic carbocycles. The van der Waals surface area contributed by atoms with E-state index in [-0.39, 0.29) is 12.1 Å². The third-order valence-corrected chi connectivity index (χ3v) is 12.0. The van der Waals surface area contributed by atoms with Crippen LogP contribution in [0.15, 0.2) is 71.3 Å². The molecule has 1 unspecified atom stereocenters. The molecule has 3 nitrogen and oxygen atoms in total. The number of hydrogen-bond acceptors (Lipinski definition) is 3. The average Bonchev–Trinajstić information content (AvgIpc) is 3.51. The molecule has 8 atom stereocenters. The minimum atomic E-state index is -0.130. The van der Waals surface area contributed by atoms with Crippen LogP contribution in [-0.4, -0.2) is 16.9 Å². The van der Waals surface area contributed by atoms with Crippen molar-refractivity contribution in [1.82, 2.24) is 0 Å². The SMILES string of the molecule is C[C@]12CC[C@H]3[C@@H](CC=C4C[C@@H](O)CC[C@@]43C)[C@@H]1CC[C@@H]2C1=NN(c2ccccc2Cl)C(c2ccccc2)C1. The van der Waals surface area contributed by atoms with Crippen molar-refractivity contribution in [1.29, 1.82) is 0 Å². The largest absolute Gasteiger partial charge is 0.393 e. The maximum atomic E-state index is 10.4. The summed E-state index contributed by atoms with van der Waals surface area (Å²) >= 11 is 6.72. The van der Waals surface area contributed by atoms with Crippen molar-refractivity contribution in [3.8, 4) is 0 Å². The van der Waals surface area contributed by atoms with Crippen molar-refractivity contribution in [3.05, 3.63) is 76.8 Å². The minimum Gasteiger partial charge on any atom is -0.393 e. The van der Waals surface area contributed by atoms with Gasteiger partial charge in [0.25, 0.3) is 0 Å². The third kappa shape index (κ3) is 3.75. The standard InChI is InChI=1S/C34H41ClN2O/c1-33-18-16-24(38)20-23(33)12-13-25-26-14-15-28(34(26,2)19-17-27(25)33)30-21-32(22-8-4-3-5-9-22)37(36-30)31-11-7-6-10-29(31)35/h3-12,24-28,32,38H,13-21H2,1-2H3/t24-,25-,26-,27-,28+,32?,33-,34-/m0/s1. The Morgan fingerprint density at radius 3 is 2.50 bits per heavy atom. The van der Waals surface area contributed by atoms with Gasteiger partial charge < -0.3 is 5.11 Å². The van der Waals surface area contributed by atoms with E-state index >= 15 is 0 Å². The number of aliphatic hydroxyl groups excluding tert-OH is 1. The minimum absolute atomic E-state index is 0.130. The Labute approximate surface area is 233 Å². The molecule has 3 saturated carbocycles. The van der Waals surface area contributed by atoms with Crippen molar-refractivity contribution in [2.75, 3.05) is 5.01 Å². The molecule has 0 spiro atoms. The van der Waals surface area contributed by atoms with E-state index in [0.29, 0.717) is 16.7 Å². The van der Waals surface area contributed by atoms with Crippen molar-refractivity contribution in [3.63, 3.8) is 0 Å². The molecule has 1 heterocycles. The van der Waals surface area contributed by atoms with E-state index in [0.717, 1.165) is 54.1 Å². The maximum absolute atomic E-state index is 10.4. The number of rotatable bonds is 3. The first-order valence-corrected chi connectivity index (χ1v) is 15.3. The van der Waals surface area contributed by atoms with Crippen molar-refractivity contribution in [2.45, 2.75) is 83.8 Å². The Morgan fingerprint density at radius 1 is 0.895 bits per heavy atom. The van der Waals surface area contributed by atoms with E-state index in [1.54, 1.807) is 5.57 Å². The molecular formula is C34H41ClN2O. The predicted molar refractivity (Wildman–Crippen MR) is 156 cm³/mol. The summed E-state index contributed by atoms with van der Waals surface area (Å²) in [6.45, 7) is 5.14. The van der Waals surface area contributed by atoms with E-state index in [2.05, 4.69) is 67.4 Å². The Morgan fingerprint density at radius 2 is 1.68 bits per heavy atom. The molecule has 7 rings (SSSR count). The number of hydrogen-bond donors (Lipinski definition) is 1. The van der Waals surface area contributed by atoms with Crippen molar-refractivity contribution < 1.29 is 5.11 Å². The number of para-hydroxylation sites is 1. The Balaban J connectivity index is 1.20. The Bertz CT molecular complexity index is 1270. The van der Waals surface area contributed by atoms with E-state index in [1.165, 1.54) is 43.4 Å². The molecule has 5 aliphatic rings. The fourth-order valence-corrected chi connectivity index (χ4v) is 9.95. The Hall–Kier alpha value is -2.10. The average molecular weight is 529 g/mol. The summed E-state index contributed by atoms with van der Waals surface area (Å²) in [6, 6.07) is 19.2. The molecule has 0 aromatic heterocycles. The van der Waals surface area contributed by atoms with Crippen LogP contribution in [0, 0.1) is 34.5 Å². The number of benzene rings is 2. The molecule has 0 radical (unpaired) electrons. The molecule has 200 valence electrons. The van der Waals surface area contributed by atoms with Crippen LogP contribution in [0.4, 0.5) is 5.69 Å². The fourth-order valence-electron chi connectivity index (χ4n) is 9.73. The molecule has 1 aliphatic heterocycles. The number of aliphatic hydroxyl groups is 1. The zero-order chi connectivity index (χ0) is 26.1. The van der Waals surface area contributed by atoms with Crippen LogP contribution in [0.5, 0.6) is 0 Å². The van der Waals surface area contributed by atoms with Gasteiger partial charge in [0.15, 0.2) is 0 Å². The Kier molecular flexibility index (Phi) is 6.05. The van der Waals surface area contributed by atoms with Crippen molar-refractivity contribution in [2.24, 2.45) is 39.6 Å². The summed E-state index contributed by atoms with van der Waals surface area (Å²) in [7, 11) is 0. The van der Waals surface area contributed by atoms with E-state index in [9.17, 15) is 5.11 Å². The molecule has 4 heteroatoms. The van der Waals surface area contributed by atoms with Gasteiger partial charge in [-0.25, -0.2) is 0 Å². The lowest BCUT2D eigenvalue weighted by molar-refractivity contribution is -0.0424. The summed E-state index contributed by atoms with van der Waals surface area (Å²) in [6.07, 6.45) is 12.9. The summed E-state index contributed by atoms with van der Waals surface area (Å²) in [4.78, 5) is 0. The van der Waals surface area contributed by atoms with Gasteiger partial charge in [0.1, 0.15) is 0 Å². The quantitative estimate of drug-likeness (QED) is 0.405. The smallest absolute Gasteiger partial charge is 0.0828 e. The summed E-state index contributed by atoms with van der Waals surface area (Å²) in [5, 5.41) is 18.8. The molecule has 2 aromatic rings. The van der Waals surface area contributed by atoms with E-state index < -0.39 is 0 Å². The topological polar surface area (TPSA) is 35.8 Å². The molecule has 0 saturated heterocycles. The molecule has 4 aliphatic carbocycles. The lowest BCUT2D eigenvalue weighted by Gasteiger charge is -2.58. The third-order valence-electron chi connectivity index (χ3n) is 11.7. The molecule has 1 N–H and O–H groups in total. The van der Waals surface area contributed by atoms with E-state index in [4.69, 9.17) is 16.7 Å². The van der Waals surface area contributed by atoms with Crippen molar-refractivity contribution >= 4 is 23.0 Å². The highest BCUT2D eigenvalue weighted by Gasteiger charge is 2.59. The highest BCUT2D eigenvalue weighted by atomic mass is 35.5. The number of allylic oxidation sites excluding steroid dienone is 1. The van der Waals surface area contributed by atoms with Crippen LogP contribution in [0.2, 0.25) is 5.02 Å². The molecule has 0 amide bonds. The van der Waals surface area contributed by atoms with Gasteiger partial charge in [-0.3, -0.25) is 5.01 Å². The van der Waals surface area contributed by atoms with Gasteiger partial charge in [0, 0.05) is 18.1 Å². The maximum Gasteiger partial charge on any atom is 0.0828 e. The van der Waals surface area contributed by atoms with Gasteiger partial charge in [-0.1, -0.05) is 79.6 Å². The van der Waals surface area contributed by atoms with Gasteiger partial charge in [-0.2, -0.15) is 5.10 Å². The number of nitrogens with zero attached hydrogens (tertiary/aromatic N) is 2. The van der Waals surface area contributed by atoms with Gasteiger partial charge in [0.2, 0.25) is 0 Å². The summed E-state index contributed by atoms with van der Waals surface area (Å²) in [5.74, 6) is 2.85. The zero-order valence-electron chi connectivity index (χ0n) is 22.8. The number of fused-ring (bicyclic) bond motifs is 5.